The summed E-state index contributed by atoms with van der Waals surface area (Å²) >= 11 is 0. The quantitative estimate of drug-likeness (QED) is 0.779. The van der Waals surface area contributed by atoms with Crippen LogP contribution in [0.3, 0.4) is 0 Å². The molecular weight excluding hydrogens is 246 g/mol. The van der Waals surface area contributed by atoms with E-state index in [0.717, 1.165) is 17.5 Å². The van der Waals surface area contributed by atoms with E-state index in [2.05, 4.69) is 5.43 Å². The number of aromatic carboxylic acids is 1. The van der Waals surface area contributed by atoms with E-state index in [4.69, 9.17) is 5.11 Å². The van der Waals surface area contributed by atoms with Gasteiger partial charge < -0.3 is 10.0 Å². The first-order chi connectivity index (χ1) is 8.97. The zero-order valence-electron chi connectivity index (χ0n) is 11.0. The van der Waals surface area contributed by atoms with Crippen molar-refractivity contribution in [2.24, 2.45) is 0 Å². The first kappa shape index (κ1) is 13.4. The summed E-state index contributed by atoms with van der Waals surface area (Å²) in [5, 5.41) is 10.6. The van der Waals surface area contributed by atoms with E-state index in [1.165, 1.54) is 0 Å². The van der Waals surface area contributed by atoms with E-state index in [1.54, 1.807) is 36.1 Å². The summed E-state index contributed by atoms with van der Waals surface area (Å²) in [5.41, 5.74) is 4.96. The molecule has 0 fully saturated rings. The molecule has 6 heteroatoms. The van der Waals surface area contributed by atoms with E-state index >= 15 is 0 Å². The maximum absolute atomic E-state index is 11.9. The standard InChI is InChI=1S/C13H17N3O3/c1-15(2)14-13(19)16-6-5-9-3-4-10(12(17)18)7-11(9)8-16/h3-4,7H,5-6,8H2,1-2H3,(H,14,19)(H,17,18). The van der Waals surface area contributed by atoms with E-state index in [0.29, 0.717) is 13.1 Å². The molecule has 0 radical (unpaired) electrons. The van der Waals surface area contributed by atoms with Gasteiger partial charge in [-0.1, -0.05) is 6.07 Å². The van der Waals surface area contributed by atoms with Gasteiger partial charge in [-0.25, -0.2) is 14.6 Å². The maximum atomic E-state index is 11.9. The summed E-state index contributed by atoms with van der Waals surface area (Å²) in [6.45, 7) is 1.08. The molecule has 2 rings (SSSR count). The first-order valence-electron chi connectivity index (χ1n) is 6.05. The molecule has 6 nitrogen and oxygen atoms in total. The number of amides is 2. The molecule has 19 heavy (non-hydrogen) atoms. The zero-order chi connectivity index (χ0) is 14.0. The number of carboxylic acids is 1. The summed E-state index contributed by atoms with van der Waals surface area (Å²) in [4.78, 5) is 24.5. The van der Waals surface area contributed by atoms with Gasteiger partial charge in [0, 0.05) is 27.2 Å². The Bertz CT molecular complexity index is 514. The third kappa shape index (κ3) is 3.03. The Labute approximate surface area is 111 Å². The highest BCUT2D eigenvalue weighted by atomic mass is 16.4. The molecule has 0 saturated carbocycles. The van der Waals surface area contributed by atoms with Gasteiger partial charge in [-0.3, -0.25) is 5.43 Å². The molecule has 1 aliphatic rings. The minimum absolute atomic E-state index is 0.170. The monoisotopic (exact) mass is 263 g/mol. The third-order valence-electron chi connectivity index (χ3n) is 3.07. The lowest BCUT2D eigenvalue weighted by Gasteiger charge is -2.30. The molecule has 0 unspecified atom stereocenters. The zero-order valence-corrected chi connectivity index (χ0v) is 11.0. The van der Waals surface area contributed by atoms with Crippen LogP contribution in [-0.2, 0) is 13.0 Å². The Balaban J connectivity index is 2.16. The number of hydrogen-bond acceptors (Lipinski definition) is 3. The number of rotatable bonds is 2. The van der Waals surface area contributed by atoms with Crippen molar-refractivity contribution in [1.82, 2.24) is 15.3 Å². The van der Waals surface area contributed by atoms with Gasteiger partial charge in [-0.2, -0.15) is 0 Å². The lowest BCUT2D eigenvalue weighted by atomic mass is 9.97. The van der Waals surface area contributed by atoms with Gasteiger partial charge in [-0.05, 0) is 29.7 Å². The normalized spacial score (nSPS) is 14.2. The molecule has 0 bridgehead atoms. The van der Waals surface area contributed by atoms with Crippen LogP contribution in [0.15, 0.2) is 18.2 Å². The first-order valence-corrected chi connectivity index (χ1v) is 6.05. The summed E-state index contributed by atoms with van der Waals surface area (Å²) in [6, 6.07) is 4.92. The largest absolute Gasteiger partial charge is 0.478 e. The molecule has 102 valence electrons. The molecule has 2 amide bonds. The van der Waals surface area contributed by atoms with E-state index < -0.39 is 5.97 Å². The Kier molecular flexibility index (Phi) is 3.71. The molecule has 1 aliphatic heterocycles. The van der Waals surface area contributed by atoms with Crippen LogP contribution in [0.1, 0.15) is 21.5 Å². The number of hydrazine groups is 1. The number of carboxylic acid groups (broad SMARTS) is 1. The van der Waals surface area contributed by atoms with Gasteiger partial charge in [0.25, 0.3) is 0 Å². The van der Waals surface area contributed by atoms with Crippen molar-refractivity contribution in [2.75, 3.05) is 20.6 Å². The molecule has 1 aromatic rings. The molecule has 1 aromatic carbocycles. The van der Waals surface area contributed by atoms with Crippen molar-refractivity contribution in [3.05, 3.63) is 34.9 Å². The number of fused-ring (bicyclic) bond motifs is 1. The molecule has 1 heterocycles. The number of urea groups is 1. The second-order valence-corrected chi connectivity index (χ2v) is 4.77. The summed E-state index contributed by atoms with van der Waals surface area (Å²) in [5.74, 6) is -0.947. The summed E-state index contributed by atoms with van der Waals surface area (Å²) < 4.78 is 0. The number of nitrogens with zero attached hydrogens (tertiary/aromatic N) is 2. The van der Waals surface area contributed by atoms with Crippen LogP contribution in [0, 0.1) is 0 Å². The van der Waals surface area contributed by atoms with E-state index in [1.807, 2.05) is 6.07 Å². The molecule has 0 saturated heterocycles. The van der Waals surface area contributed by atoms with Crippen LogP contribution in [-0.4, -0.2) is 47.7 Å². The van der Waals surface area contributed by atoms with Crippen LogP contribution < -0.4 is 5.43 Å². The van der Waals surface area contributed by atoms with Gasteiger partial charge in [-0.15, -0.1) is 0 Å². The average molecular weight is 263 g/mol. The highest BCUT2D eigenvalue weighted by Gasteiger charge is 2.21. The minimum Gasteiger partial charge on any atom is -0.478 e. The number of hydrogen-bond donors (Lipinski definition) is 2. The van der Waals surface area contributed by atoms with Gasteiger partial charge >= 0.3 is 12.0 Å². The lowest BCUT2D eigenvalue weighted by Crippen LogP contribution is -2.47. The van der Waals surface area contributed by atoms with Gasteiger partial charge in [0.2, 0.25) is 0 Å². The number of nitrogens with one attached hydrogen (secondary N) is 1. The predicted molar refractivity (Wildman–Crippen MR) is 69.7 cm³/mol. The predicted octanol–water partition coefficient (Wildman–Crippen LogP) is 0.929. The summed E-state index contributed by atoms with van der Waals surface area (Å²) in [6.07, 6.45) is 0.746. The lowest BCUT2D eigenvalue weighted by molar-refractivity contribution is 0.0696. The molecular formula is C13H17N3O3. The second kappa shape index (κ2) is 5.27. The Hall–Kier alpha value is -2.08. The van der Waals surface area contributed by atoms with Gasteiger partial charge in [0.15, 0.2) is 0 Å². The highest BCUT2D eigenvalue weighted by Crippen LogP contribution is 2.20. The smallest absolute Gasteiger partial charge is 0.335 e. The average Bonchev–Trinajstić information content (AvgIpc) is 2.36. The Morgan fingerprint density at radius 3 is 2.68 bits per heavy atom. The third-order valence-corrected chi connectivity index (χ3v) is 3.07. The minimum atomic E-state index is -0.947. The van der Waals surface area contributed by atoms with Crippen molar-refractivity contribution in [2.45, 2.75) is 13.0 Å². The fourth-order valence-corrected chi connectivity index (χ4v) is 2.13. The number of carbonyl (C=O) groups excluding carboxylic acids is 1. The van der Waals surface area contributed by atoms with Crippen molar-refractivity contribution < 1.29 is 14.7 Å². The second-order valence-electron chi connectivity index (χ2n) is 4.77. The van der Waals surface area contributed by atoms with E-state index in [9.17, 15) is 9.59 Å². The van der Waals surface area contributed by atoms with E-state index in [-0.39, 0.29) is 11.6 Å². The topological polar surface area (TPSA) is 72.9 Å². The maximum Gasteiger partial charge on any atom is 0.335 e. The highest BCUT2D eigenvalue weighted by molar-refractivity contribution is 5.88. The van der Waals surface area contributed by atoms with Gasteiger partial charge in [0.1, 0.15) is 0 Å². The molecule has 2 N–H and O–H groups in total. The SMILES string of the molecule is CN(C)NC(=O)N1CCc2ccc(C(=O)O)cc2C1. The Morgan fingerprint density at radius 2 is 2.05 bits per heavy atom. The van der Waals surface area contributed by atoms with Crippen LogP contribution in [0.4, 0.5) is 4.79 Å². The van der Waals surface area contributed by atoms with Crippen molar-refractivity contribution in [3.63, 3.8) is 0 Å². The van der Waals surface area contributed by atoms with Crippen LogP contribution in [0.2, 0.25) is 0 Å². The number of carbonyl (C=O) groups is 2. The molecule has 0 atom stereocenters. The van der Waals surface area contributed by atoms with Crippen LogP contribution >= 0.6 is 0 Å². The molecule has 0 aromatic heterocycles. The number of benzene rings is 1. The van der Waals surface area contributed by atoms with Crippen molar-refractivity contribution in [1.29, 1.82) is 0 Å². The fraction of sp³-hybridized carbons (Fsp3) is 0.385. The van der Waals surface area contributed by atoms with Crippen LogP contribution in [0.25, 0.3) is 0 Å². The molecule has 0 spiro atoms. The van der Waals surface area contributed by atoms with Gasteiger partial charge in [0.05, 0.1) is 5.56 Å². The summed E-state index contributed by atoms with van der Waals surface area (Å²) in [7, 11) is 3.50. The van der Waals surface area contributed by atoms with Crippen molar-refractivity contribution in [3.8, 4) is 0 Å². The van der Waals surface area contributed by atoms with Crippen LogP contribution in [0.5, 0.6) is 0 Å². The van der Waals surface area contributed by atoms with Crippen molar-refractivity contribution >= 4 is 12.0 Å². The fourth-order valence-electron chi connectivity index (χ4n) is 2.13. The Morgan fingerprint density at radius 1 is 1.32 bits per heavy atom. The molecule has 0 aliphatic carbocycles.